The maximum absolute atomic E-state index is 3.68. The molecule has 1 atom stereocenters. The van der Waals surface area contributed by atoms with Gasteiger partial charge in [-0.3, -0.25) is 0 Å². The highest BCUT2D eigenvalue weighted by Gasteiger charge is 2.11. The van der Waals surface area contributed by atoms with E-state index in [0.717, 1.165) is 18.9 Å². The first-order valence-electron chi connectivity index (χ1n) is 6.91. The topological polar surface area (TPSA) is 12.0 Å². The lowest BCUT2D eigenvalue weighted by Crippen LogP contribution is -2.33. The van der Waals surface area contributed by atoms with E-state index in [1.165, 1.54) is 24.0 Å². The van der Waals surface area contributed by atoms with Crippen LogP contribution in [0.3, 0.4) is 0 Å². The van der Waals surface area contributed by atoms with Crippen molar-refractivity contribution in [1.29, 1.82) is 0 Å². The van der Waals surface area contributed by atoms with E-state index in [2.05, 4.69) is 57.3 Å². The predicted molar refractivity (Wildman–Crippen MR) is 76.4 cm³/mol. The van der Waals surface area contributed by atoms with Gasteiger partial charge in [0.15, 0.2) is 0 Å². The van der Waals surface area contributed by atoms with E-state index < -0.39 is 0 Å². The summed E-state index contributed by atoms with van der Waals surface area (Å²) >= 11 is 0. The van der Waals surface area contributed by atoms with E-state index in [4.69, 9.17) is 0 Å². The van der Waals surface area contributed by atoms with Crippen LogP contribution < -0.4 is 5.32 Å². The lowest BCUT2D eigenvalue weighted by Gasteiger charge is -2.21. The Hall–Kier alpha value is -0.820. The van der Waals surface area contributed by atoms with E-state index >= 15 is 0 Å². The van der Waals surface area contributed by atoms with Gasteiger partial charge in [-0.2, -0.15) is 0 Å². The molecule has 1 unspecified atom stereocenters. The number of benzene rings is 1. The van der Waals surface area contributed by atoms with Crippen LogP contribution in [0.25, 0.3) is 0 Å². The van der Waals surface area contributed by atoms with Crippen molar-refractivity contribution >= 4 is 0 Å². The van der Waals surface area contributed by atoms with Gasteiger partial charge in [0, 0.05) is 6.04 Å². The monoisotopic (exact) mass is 233 g/mol. The summed E-state index contributed by atoms with van der Waals surface area (Å²) in [7, 11) is 0. The maximum Gasteiger partial charge on any atom is 0.0110 e. The maximum atomic E-state index is 3.68. The van der Waals surface area contributed by atoms with E-state index in [1.54, 1.807) is 0 Å². The van der Waals surface area contributed by atoms with Gasteiger partial charge < -0.3 is 5.32 Å². The minimum atomic E-state index is 0.621. The molecule has 17 heavy (non-hydrogen) atoms. The molecule has 1 aromatic carbocycles. The number of nitrogens with one attached hydrogen (secondary N) is 1. The largest absolute Gasteiger partial charge is 0.314 e. The molecule has 0 aliphatic rings. The third-order valence-corrected chi connectivity index (χ3v) is 3.17. The Morgan fingerprint density at radius 3 is 2.47 bits per heavy atom. The Balaban J connectivity index is 2.61. The van der Waals surface area contributed by atoms with Gasteiger partial charge in [0.2, 0.25) is 0 Å². The molecule has 96 valence electrons. The van der Waals surface area contributed by atoms with Gasteiger partial charge in [-0.05, 0) is 49.8 Å². The van der Waals surface area contributed by atoms with Gasteiger partial charge >= 0.3 is 0 Å². The second kappa shape index (κ2) is 7.50. The molecule has 0 amide bonds. The predicted octanol–water partition coefficient (Wildman–Crippen LogP) is 3.95. The molecule has 0 aliphatic carbocycles. The molecule has 0 saturated carbocycles. The van der Waals surface area contributed by atoms with Crippen LogP contribution >= 0.6 is 0 Å². The molecule has 1 N–H and O–H groups in total. The van der Waals surface area contributed by atoms with Gasteiger partial charge in [-0.15, -0.1) is 0 Å². The van der Waals surface area contributed by atoms with Crippen molar-refractivity contribution in [2.24, 2.45) is 5.92 Å². The van der Waals surface area contributed by atoms with Crippen molar-refractivity contribution in [3.63, 3.8) is 0 Å². The summed E-state index contributed by atoms with van der Waals surface area (Å²) in [5, 5.41) is 3.68. The first-order valence-corrected chi connectivity index (χ1v) is 6.91. The van der Waals surface area contributed by atoms with Crippen LogP contribution in [0.2, 0.25) is 0 Å². The fourth-order valence-electron chi connectivity index (χ4n) is 2.26. The number of aryl methyl sites for hydroxylation is 1. The van der Waals surface area contributed by atoms with E-state index in [0.29, 0.717) is 6.04 Å². The van der Waals surface area contributed by atoms with E-state index in [9.17, 15) is 0 Å². The highest BCUT2D eigenvalue weighted by molar-refractivity contribution is 5.26. The van der Waals surface area contributed by atoms with Gasteiger partial charge in [0.1, 0.15) is 0 Å². The van der Waals surface area contributed by atoms with Crippen LogP contribution in [0.5, 0.6) is 0 Å². The van der Waals surface area contributed by atoms with E-state index in [1.807, 2.05) is 0 Å². The number of hydrogen-bond acceptors (Lipinski definition) is 1. The number of rotatable bonds is 7. The van der Waals surface area contributed by atoms with E-state index in [-0.39, 0.29) is 0 Å². The zero-order valence-corrected chi connectivity index (χ0v) is 11.8. The summed E-state index contributed by atoms with van der Waals surface area (Å²) in [5.74, 6) is 0.758. The molecular weight excluding hydrogens is 206 g/mol. The van der Waals surface area contributed by atoms with Crippen LogP contribution in [0.4, 0.5) is 0 Å². The SMILES string of the molecule is CCCNC(Cc1ccccc1C)CC(C)C. The Bertz CT molecular complexity index is 317. The molecule has 0 saturated heterocycles. The molecule has 0 aliphatic heterocycles. The summed E-state index contributed by atoms with van der Waals surface area (Å²) in [6.07, 6.45) is 3.63. The zero-order valence-electron chi connectivity index (χ0n) is 11.8. The minimum Gasteiger partial charge on any atom is -0.314 e. The Morgan fingerprint density at radius 2 is 1.88 bits per heavy atom. The summed E-state index contributed by atoms with van der Waals surface area (Å²) < 4.78 is 0. The molecule has 0 radical (unpaired) electrons. The Kier molecular flexibility index (Phi) is 6.28. The van der Waals surface area contributed by atoms with Crippen molar-refractivity contribution in [1.82, 2.24) is 5.32 Å². The van der Waals surface area contributed by atoms with Gasteiger partial charge in [-0.1, -0.05) is 45.0 Å². The third kappa shape index (κ3) is 5.36. The smallest absolute Gasteiger partial charge is 0.0110 e. The van der Waals surface area contributed by atoms with Crippen LogP contribution in [-0.2, 0) is 6.42 Å². The molecule has 0 aromatic heterocycles. The quantitative estimate of drug-likeness (QED) is 0.752. The summed E-state index contributed by atoms with van der Waals surface area (Å²) in [5.41, 5.74) is 2.90. The van der Waals surface area contributed by atoms with Crippen LogP contribution in [-0.4, -0.2) is 12.6 Å². The summed E-state index contributed by atoms with van der Waals surface area (Å²) in [6.45, 7) is 10.2. The van der Waals surface area contributed by atoms with Crippen molar-refractivity contribution in [3.8, 4) is 0 Å². The second-order valence-electron chi connectivity index (χ2n) is 5.41. The van der Waals surface area contributed by atoms with Crippen molar-refractivity contribution in [2.75, 3.05) is 6.54 Å². The molecule has 0 fully saturated rings. The number of hydrogen-bond donors (Lipinski definition) is 1. The zero-order chi connectivity index (χ0) is 12.7. The lowest BCUT2D eigenvalue weighted by molar-refractivity contribution is 0.416. The molecule has 0 bridgehead atoms. The first kappa shape index (κ1) is 14.2. The van der Waals surface area contributed by atoms with Crippen LogP contribution in [0.15, 0.2) is 24.3 Å². The molecular formula is C16H27N. The molecule has 1 aromatic rings. The highest BCUT2D eigenvalue weighted by Crippen LogP contribution is 2.14. The lowest BCUT2D eigenvalue weighted by atomic mass is 9.95. The van der Waals surface area contributed by atoms with Crippen LogP contribution in [0, 0.1) is 12.8 Å². The molecule has 1 rings (SSSR count). The Labute approximate surface area is 107 Å². The molecule has 1 heteroatoms. The van der Waals surface area contributed by atoms with Crippen molar-refractivity contribution < 1.29 is 0 Å². The molecule has 1 nitrogen and oxygen atoms in total. The average molecular weight is 233 g/mol. The fraction of sp³-hybridized carbons (Fsp3) is 0.625. The summed E-state index contributed by atoms with van der Waals surface area (Å²) in [4.78, 5) is 0. The van der Waals surface area contributed by atoms with Crippen LogP contribution in [0.1, 0.15) is 44.7 Å². The summed E-state index contributed by atoms with van der Waals surface area (Å²) in [6, 6.07) is 9.36. The third-order valence-electron chi connectivity index (χ3n) is 3.17. The standard InChI is InChI=1S/C16H27N/c1-5-10-17-16(11-13(2)3)12-15-9-7-6-8-14(15)4/h6-9,13,16-17H,5,10-12H2,1-4H3. The average Bonchev–Trinajstić information content (AvgIpc) is 2.28. The molecule has 0 spiro atoms. The highest BCUT2D eigenvalue weighted by atomic mass is 14.9. The van der Waals surface area contributed by atoms with Crippen molar-refractivity contribution in [2.45, 2.75) is 53.0 Å². The molecule has 0 heterocycles. The second-order valence-corrected chi connectivity index (χ2v) is 5.41. The Morgan fingerprint density at radius 1 is 1.18 bits per heavy atom. The minimum absolute atomic E-state index is 0.621. The fourth-order valence-corrected chi connectivity index (χ4v) is 2.26. The van der Waals surface area contributed by atoms with Gasteiger partial charge in [0.25, 0.3) is 0 Å². The normalized spacial score (nSPS) is 13.0. The van der Waals surface area contributed by atoms with Gasteiger partial charge in [0.05, 0.1) is 0 Å². The van der Waals surface area contributed by atoms with Gasteiger partial charge in [-0.25, -0.2) is 0 Å². The van der Waals surface area contributed by atoms with Crippen molar-refractivity contribution in [3.05, 3.63) is 35.4 Å². The first-order chi connectivity index (χ1) is 8.13.